The Morgan fingerprint density at radius 1 is 0.456 bits per heavy atom. The van der Waals surface area contributed by atoms with E-state index in [0.717, 1.165) is 61.4 Å². The molecule has 10 aromatic rings. The van der Waals surface area contributed by atoms with E-state index in [1.807, 2.05) is 0 Å². The Balaban J connectivity index is 0.980. The van der Waals surface area contributed by atoms with Crippen molar-refractivity contribution in [1.29, 1.82) is 0 Å². The minimum Gasteiger partial charge on any atom is -0.456 e. The molecule has 0 spiro atoms. The fraction of sp³-hybridized carbons (Fsp3) is 0.0566. The average Bonchev–Trinajstić information content (AvgIpc) is 3.83. The van der Waals surface area contributed by atoms with Crippen molar-refractivity contribution in [3.8, 4) is 27.9 Å². The number of para-hydroxylation sites is 1. The fourth-order valence-electron chi connectivity index (χ4n) is 8.75. The number of nitrogens with zero attached hydrogens (tertiary/aromatic N) is 3. The van der Waals surface area contributed by atoms with Gasteiger partial charge in [-0.25, -0.2) is 4.99 Å². The highest BCUT2D eigenvalue weighted by atomic mass is 16.3. The zero-order valence-corrected chi connectivity index (χ0v) is 31.4. The number of rotatable bonds is 6. The summed E-state index contributed by atoms with van der Waals surface area (Å²) in [6.45, 7) is 2.23. The topological polar surface area (TPSA) is 42.8 Å². The smallest absolute Gasteiger partial charge is 0.155 e. The van der Waals surface area contributed by atoms with E-state index in [1.165, 1.54) is 38.5 Å². The highest BCUT2D eigenvalue weighted by Crippen LogP contribution is 2.41. The zero-order valence-electron chi connectivity index (χ0n) is 31.4. The molecule has 1 aliphatic heterocycles. The van der Waals surface area contributed by atoms with E-state index in [2.05, 4.69) is 206 Å². The molecule has 0 saturated heterocycles. The first-order valence-corrected chi connectivity index (χ1v) is 19.6. The van der Waals surface area contributed by atoms with Crippen molar-refractivity contribution in [3.05, 3.63) is 211 Å². The molecule has 1 unspecified atom stereocenters. The first-order valence-electron chi connectivity index (χ1n) is 19.6. The van der Waals surface area contributed by atoms with Gasteiger partial charge in [-0.1, -0.05) is 159 Å². The second kappa shape index (κ2) is 13.5. The number of hydrogen-bond acceptors (Lipinski definition) is 3. The Kier molecular flexibility index (Phi) is 7.82. The molecule has 2 aromatic heterocycles. The highest BCUT2D eigenvalue weighted by molar-refractivity contribution is 6.16. The van der Waals surface area contributed by atoms with Gasteiger partial charge in [-0.05, 0) is 75.8 Å². The van der Waals surface area contributed by atoms with Crippen LogP contribution < -0.4 is 0 Å². The van der Waals surface area contributed by atoms with E-state index in [-0.39, 0.29) is 12.0 Å². The third-order valence-electron chi connectivity index (χ3n) is 11.6. The number of furan rings is 1. The molecular formula is C53H37N3O. The van der Waals surface area contributed by atoms with Crippen LogP contribution in [0.1, 0.15) is 29.7 Å². The maximum atomic E-state index is 6.64. The molecule has 270 valence electrons. The van der Waals surface area contributed by atoms with Gasteiger partial charge < -0.3 is 8.98 Å². The van der Waals surface area contributed by atoms with Gasteiger partial charge in [0.2, 0.25) is 0 Å². The Hall–Kier alpha value is -7.30. The van der Waals surface area contributed by atoms with Gasteiger partial charge in [0.15, 0.2) is 5.84 Å². The van der Waals surface area contributed by atoms with Gasteiger partial charge in [0.1, 0.15) is 11.2 Å². The van der Waals surface area contributed by atoms with E-state index in [1.54, 1.807) is 0 Å². The van der Waals surface area contributed by atoms with Crippen LogP contribution in [0.5, 0.6) is 0 Å². The minimum absolute atomic E-state index is 0.0248. The summed E-state index contributed by atoms with van der Waals surface area (Å²) >= 11 is 0. The van der Waals surface area contributed by atoms with E-state index < -0.39 is 0 Å². The number of aliphatic imine (C=N–C) groups is 2. The van der Waals surface area contributed by atoms with Crippen molar-refractivity contribution in [2.75, 3.05) is 0 Å². The van der Waals surface area contributed by atoms with Crippen LogP contribution in [0.3, 0.4) is 0 Å². The van der Waals surface area contributed by atoms with E-state index in [9.17, 15) is 0 Å². The lowest BCUT2D eigenvalue weighted by Gasteiger charge is -2.28. The molecule has 1 aliphatic rings. The third kappa shape index (κ3) is 5.60. The normalized spacial score (nSPS) is 15.7. The fourth-order valence-corrected chi connectivity index (χ4v) is 8.75. The van der Waals surface area contributed by atoms with Gasteiger partial charge in [0.05, 0.1) is 33.9 Å². The summed E-state index contributed by atoms with van der Waals surface area (Å²) in [5.74, 6) is 0.894. The monoisotopic (exact) mass is 731 g/mol. The summed E-state index contributed by atoms with van der Waals surface area (Å²) in [7, 11) is 0. The molecule has 0 bridgehead atoms. The number of aromatic nitrogens is 1. The van der Waals surface area contributed by atoms with E-state index in [4.69, 9.17) is 14.4 Å². The average molecular weight is 732 g/mol. The summed E-state index contributed by atoms with van der Waals surface area (Å²) in [4.78, 5) is 10.4. The van der Waals surface area contributed by atoms with Gasteiger partial charge in [-0.15, -0.1) is 0 Å². The van der Waals surface area contributed by atoms with Gasteiger partial charge in [-0.2, -0.15) is 0 Å². The highest BCUT2D eigenvalue weighted by Gasteiger charge is 2.29. The first-order chi connectivity index (χ1) is 28.2. The molecule has 4 heteroatoms. The van der Waals surface area contributed by atoms with Crippen LogP contribution in [0.4, 0.5) is 0 Å². The van der Waals surface area contributed by atoms with Gasteiger partial charge >= 0.3 is 0 Å². The zero-order chi connectivity index (χ0) is 37.9. The quantitative estimate of drug-likeness (QED) is 0.168. The molecule has 2 atom stereocenters. The Morgan fingerprint density at radius 3 is 1.86 bits per heavy atom. The molecule has 0 radical (unpaired) electrons. The van der Waals surface area contributed by atoms with Crippen molar-refractivity contribution in [1.82, 2.24) is 4.57 Å². The van der Waals surface area contributed by atoms with Crippen LogP contribution in [0, 0.1) is 5.92 Å². The van der Waals surface area contributed by atoms with Crippen LogP contribution in [0.25, 0.3) is 71.7 Å². The van der Waals surface area contributed by atoms with Crippen LogP contribution in [-0.2, 0) is 0 Å². The predicted octanol–water partition coefficient (Wildman–Crippen LogP) is 13.6. The Labute approximate surface area is 330 Å². The Morgan fingerprint density at radius 2 is 1.07 bits per heavy atom. The summed E-state index contributed by atoms with van der Waals surface area (Å²) in [5, 5.41) is 4.66. The van der Waals surface area contributed by atoms with Crippen molar-refractivity contribution < 1.29 is 4.42 Å². The molecule has 0 fully saturated rings. The van der Waals surface area contributed by atoms with Gasteiger partial charge in [-0.3, -0.25) is 4.99 Å². The number of hydrogen-bond donors (Lipinski definition) is 0. The molecule has 3 heterocycles. The maximum Gasteiger partial charge on any atom is 0.155 e. The second-order valence-electron chi connectivity index (χ2n) is 15.0. The molecule has 8 aromatic carbocycles. The van der Waals surface area contributed by atoms with Gasteiger partial charge in [0, 0.05) is 27.6 Å². The van der Waals surface area contributed by atoms with E-state index in [0.29, 0.717) is 0 Å². The summed E-state index contributed by atoms with van der Waals surface area (Å²) in [5.41, 5.74) is 14.2. The molecule has 0 N–H and O–H groups in total. The SMILES string of the molecule is C[C@@H]1C(c2ccccc2)=NC(c2ccc(-c3ccc4c(c3)oc3cccc(-n5c6ccccc6c6cc(-c7ccccc7)ccc65)c34)cc2)=NC1c1ccccc1. The summed E-state index contributed by atoms with van der Waals surface area (Å²) in [6.07, 6.45) is 0. The van der Waals surface area contributed by atoms with Crippen molar-refractivity contribution in [3.63, 3.8) is 0 Å². The predicted molar refractivity (Wildman–Crippen MR) is 237 cm³/mol. The Bertz CT molecular complexity index is 3170. The molecule has 0 amide bonds. The first kappa shape index (κ1) is 33.1. The lowest BCUT2D eigenvalue weighted by atomic mass is 9.86. The van der Waals surface area contributed by atoms with Crippen LogP contribution >= 0.6 is 0 Å². The van der Waals surface area contributed by atoms with Gasteiger partial charge in [0.25, 0.3) is 0 Å². The maximum absolute atomic E-state index is 6.64. The van der Waals surface area contributed by atoms with Crippen molar-refractivity contribution in [2.24, 2.45) is 15.9 Å². The lowest BCUT2D eigenvalue weighted by molar-refractivity contribution is 0.592. The molecule has 57 heavy (non-hydrogen) atoms. The summed E-state index contributed by atoms with van der Waals surface area (Å²) in [6, 6.07) is 68.7. The third-order valence-corrected chi connectivity index (χ3v) is 11.6. The summed E-state index contributed by atoms with van der Waals surface area (Å²) < 4.78 is 9.04. The lowest BCUT2D eigenvalue weighted by Crippen LogP contribution is -2.26. The standard InChI is InChI=1S/C53H37N3O/c1-34-51(37-16-7-3-8-17-37)54-53(55-52(34)38-18-9-4-10-19-38)39-26-24-36(25-27-39)41-28-30-43-49(33-41)57-48-23-13-22-47(50(43)48)56-45-21-12-11-20-42(45)44-32-40(29-31-46(44)56)35-14-5-2-6-15-35/h2-34,51H,1H3/t34-,51?/m0/s1. The van der Waals surface area contributed by atoms with Crippen molar-refractivity contribution in [2.45, 2.75) is 13.0 Å². The molecule has 4 nitrogen and oxygen atoms in total. The van der Waals surface area contributed by atoms with Crippen LogP contribution in [-0.4, -0.2) is 16.1 Å². The molecular weight excluding hydrogens is 695 g/mol. The van der Waals surface area contributed by atoms with Crippen LogP contribution in [0.15, 0.2) is 209 Å². The molecule has 11 rings (SSSR count). The minimum atomic E-state index is -0.0248. The van der Waals surface area contributed by atoms with E-state index >= 15 is 0 Å². The molecule has 0 saturated carbocycles. The number of benzene rings is 8. The number of amidine groups is 1. The number of fused-ring (bicyclic) bond motifs is 6. The second-order valence-corrected chi connectivity index (χ2v) is 15.0. The largest absolute Gasteiger partial charge is 0.456 e. The van der Waals surface area contributed by atoms with Crippen molar-refractivity contribution >= 4 is 55.3 Å². The van der Waals surface area contributed by atoms with Crippen LogP contribution in [0.2, 0.25) is 0 Å². The molecule has 0 aliphatic carbocycles.